The molecule has 0 atom stereocenters. The fraction of sp³-hybridized carbons (Fsp3) is 0.227. The first-order chi connectivity index (χ1) is 14.0. The summed E-state index contributed by atoms with van der Waals surface area (Å²) in [4.78, 5) is 23.1. The van der Waals surface area contributed by atoms with Crippen LogP contribution in [0, 0.1) is 0 Å². The zero-order valence-electron chi connectivity index (χ0n) is 17.3. The number of nitrogens with zero attached hydrogens (tertiary/aromatic N) is 3. The maximum atomic E-state index is 11.6. The van der Waals surface area contributed by atoms with Crippen LogP contribution >= 0.6 is 24.8 Å². The lowest BCUT2D eigenvalue weighted by molar-refractivity contribution is 0.100. The predicted molar refractivity (Wildman–Crippen MR) is 129 cm³/mol. The van der Waals surface area contributed by atoms with Crippen molar-refractivity contribution < 1.29 is 9.21 Å². The van der Waals surface area contributed by atoms with Gasteiger partial charge in [-0.25, -0.2) is 9.97 Å². The summed E-state index contributed by atoms with van der Waals surface area (Å²) < 4.78 is 5.94. The van der Waals surface area contributed by atoms with Crippen molar-refractivity contribution in [3.05, 3.63) is 54.1 Å². The normalized spacial score (nSPS) is 10.7. The molecule has 3 N–H and O–H groups in total. The van der Waals surface area contributed by atoms with Gasteiger partial charge in [-0.3, -0.25) is 4.79 Å². The third kappa shape index (κ3) is 5.44. The van der Waals surface area contributed by atoms with Crippen LogP contribution in [0.15, 0.2) is 52.9 Å². The summed E-state index contributed by atoms with van der Waals surface area (Å²) in [6.45, 7) is 1.70. The fourth-order valence-electron chi connectivity index (χ4n) is 3.22. The summed E-state index contributed by atoms with van der Waals surface area (Å²) in [6.07, 6.45) is 0.952. The number of furan rings is 1. The van der Waals surface area contributed by atoms with Gasteiger partial charge in [-0.15, -0.1) is 24.8 Å². The van der Waals surface area contributed by atoms with Crippen LogP contribution in [0.2, 0.25) is 0 Å². The molecule has 2 heterocycles. The number of carbonyl (C=O) groups excluding carboxylic acids is 1. The largest absolute Gasteiger partial charge is 0.453 e. The van der Waals surface area contributed by atoms with Crippen molar-refractivity contribution in [2.45, 2.75) is 6.42 Å². The molecule has 0 spiro atoms. The molecule has 1 amide bonds. The smallest absolute Gasteiger partial charge is 0.248 e. The Morgan fingerprint density at radius 1 is 1.10 bits per heavy atom. The molecule has 0 aliphatic carbocycles. The van der Waals surface area contributed by atoms with E-state index in [0.29, 0.717) is 23.0 Å². The van der Waals surface area contributed by atoms with E-state index in [-0.39, 0.29) is 24.8 Å². The maximum absolute atomic E-state index is 11.6. The average Bonchev–Trinajstić information content (AvgIpc) is 3.14. The van der Waals surface area contributed by atoms with Crippen molar-refractivity contribution in [2.75, 3.05) is 32.5 Å². The average molecular weight is 462 g/mol. The van der Waals surface area contributed by atoms with E-state index in [2.05, 4.69) is 15.2 Å². The molecular formula is C22H25Cl2N5O2. The Kier molecular flexibility index (Phi) is 8.21. The summed E-state index contributed by atoms with van der Waals surface area (Å²) in [6, 6.07) is 14.9. The lowest BCUT2D eigenvalue weighted by Gasteiger charge is -2.13. The van der Waals surface area contributed by atoms with Gasteiger partial charge >= 0.3 is 0 Å². The molecule has 4 aromatic rings. The second-order valence-corrected chi connectivity index (χ2v) is 7.22. The van der Waals surface area contributed by atoms with E-state index in [0.717, 1.165) is 41.4 Å². The molecule has 9 heteroatoms. The molecule has 0 unspecified atom stereocenters. The van der Waals surface area contributed by atoms with Crippen LogP contribution in [-0.4, -0.2) is 48.0 Å². The number of hydrogen-bond acceptors (Lipinski definition) is 6. The number of benzene rings is 2. The van der Waals surface area contributed by atoms with Crippen LogP contribution in [0.4, 0.5) is 5.82 Å². The Morgan fingerprint density at radius 2 is 1.87 bits per heavy atom. The number of fused-ring (bicyclic) bond motifs is 2. The molecule has 2 aromatic carbocycles. The molecule has 7 nitrogen and oxygen atoms in total. The summed E-state index contributed by atoms with van der Waals surface area (Å²) in [7, 11) is 4.08. The van der Waals surface area contributed by atoms with Crippen LogP contribution in [-0.2, 0) is 0 Å². The van der Waals surface area contributed by atoms with E-state index in [1.54, 1.807) is 18.2 Å². The van der Waals surface area contributed by atoms with Gasteiger partial charge in [-0.05, 0) is 57.4 Å². The van der Waals surface area contributed by atoms with Crippen molar-refractivity contribution >= 4 is 58.4 Å². The standard InChI is InChI=1S/C22H23N5O2.2ClH/c1-27(2)11-5-10-24-21-16-12-15(20(23)28)8-9-17(16)25-22(26-21)19-13-14-6-3-4-7-18(14)29-19;;/h3-4,6-9,12-13H,5,10-11H2,1-2H3,(H2,23,28)(H,24,25,26);2*1H. The van der Waals surface area contributed by atoms with E-state index in [1.807, 2.05) is 44.4 Å². The minimum Gasteiger partial charge on any atom is -0.453 e. The summed E-state index contributed by atoms with van der Waals surface area (Å²) >= 11 is 0. The van der Waals surface area contributed by atoms with Crippen LogP contribution < -0.4 is 11.1 Å². The fourth-order valence-corrected chi connectivity index (χ4v) is 3.22. The van der Waals surface area contributed by atoms with E-state index >= 15 is 0 Å². The topological polar surface area (TPSA) is 97.3 Å². The molecular weight excluding hydrogens is 437 g/mol. The molecule has 2 aromatic heterocycles. The SMILES string of the molecule is CN(C)CCCNc1nc(-c2cc3ccccc3o2)nc2ccc(C(N)=O)cc12.Cl.Cl. The van der Waals surface area contributed by atoms with Crippen molar-refractivity contribution in [2.24, 2.45) is 5.73 Å². The van der Waals surface area contributed by atoms with Gasteiger partial charge in [0.05, 0.1) is 5.52 Å². The number of anilines is 1. The number of nitrogens with one attached hydrogen (secondary N) is 1. The van der Waals surface area contributed by atoms with Gasteiger partial charge in [-0.2, -0.15) is 0 Å². The Morgan fingerprint density at radius 3 is 2.58 bits per heavy atom. The number of aromatic nitrogens is 2. The van der Waals surface area contributed by atoms with Gasteiger partial charge in [-0.1, -0.05) is 18.2 Å². The number of hydrogen-bond donors (Lipinski definition) is 2. The van der Waals surface area contributed by atoms with Crippen molar-refractivity contribution in [3.63, 3.8) is 0 Å². The summed E-state index contributed by atoms with van der Waals surface area (Å²) in [5.74, 6) is 1.28. The second kappa shape index (κ2) is 10.4. The molecule has 31 heavy (non-hydrogen) atoms. The van der Waals surface area contributed by atoms with Crippen LogP contribution in [0.1, 0.15) is 16.8 Å². The Labute approximate surface area is 192 Å². The molecule has 0 saturated heterocycles. The first kappa shape index (κ1) is 24.4. The zero-order valence-corrected chi connectivity index (χ0v) is 18.9. The summed E-state index contributed by atoms with van der Waals surface area (Å²) in [5.41, 5.74) is 7.38. The monoisotopic (exact) mass is 461 g/mol. The molecule has 0 aliphatic heterocycles. The molecule has 0 bridgehead atoms. The number of primary amides is 1. The highest BCUT2D eigenvalue weighted by molar-refractivity contribution is 6.00. The highest BCUT2D eigenvalue weighted by Crippen LogP contribution is 2.29. The minimum atomic E-state index is -0.480. The first-order valence-corrected chi connectivity index (χ1v) is 9.50. The quantitative estimate of drug-likeness (QED) is 0.397. The second-order valence-electron chi connectivity index (χ2n) is 7.22. The zero-order chi connectivity index (χ0) is 20.4. The van der Waals surface area contributed by atoms with Gasteiger partial charge in [0.1, 0.15) is 11.4 Å². The van der Waals surface area contributed by atoms with Crippen LogP contribution in [0.5, 0.6) is 0 Å². The number of nitrogens with two attached hydrogens (primary N) is 1. The van der Waals surface area contributed by atoms with Crippen LogP contribution in [0.3, 0.4) is 0 Å². The Balaban J connectivity index is 0.00000171. The summed E-state index contributed by atoms with van der Waals surface area (Å²) in [5, 5.41) is 5.13. The third-order valence-corrected chi connectivity index (χ3v) is 4.70. The third-order valence-electron chi connectivity index (χ3n) is 4.70. The van der Waals surface area contributed by atoms with E-state index in [9.17, 15) is 4.79 Å². The molecule has 0 radical (unpaired) electrons. The highest BCUT2D eigenvalue weighted by Gasteiger charge is 2.14. The molecule has 164 valence electrons. The highest BCUT2D eigenvalue weighted by atomic mass is 35.5. The number of amides is 1. The lowest BCUT2D eigenvalue weighted by atomic mass is 10.1. The number of carbonyl (C=O) groups is 1. The van der Waals surface area contributed by atoms with Crippen molar-refractivity contribution in [1.29, 1.82) is 0 Å². The molecule has 0 aliphatic rings. The molecule has 4 rings (SSSR count). The van der Waals surface area contributed by atoms with E-state index in [4.69, 9.17) is 15.1 Å². The van der Waals surface area contributed by atoms with E-state index in [1.165, 1.54) is 0 Å². The maximum Gasteiger partial charge on any atom is 0.248 e. The van der Waals surface area contributed by atoms with Crippen molar-refractivity contribution in [1.82, 2.24) is 14.9 Å². The Hall–Kier alpha value is -2.87. The Bertz CT molecular complexity index is 1160. The van der Waals surface area contributed by atoms with Gasteiger partial charge in [0.15, 0.2) is 11.6 Å². The lowest BCUT2D eigenvalue weighted by Crippen LogP contribution is -2.17. The van der Waals surface area contributed by atoms with Gasteiger partial charge in [0, 0.05) is 22.9 Å². The minimum absolute atomic E-state index is 0. The number of para-hydroxylation sites is 1. The molecule has 0 saturated carbocycles. The molecule has 0 fully saturated rings. The van der Waals surface area contributed by atoms with Gasteiger partial charge in [0.25, 0.3) is 0 Å². The predicted octanol–water partition coefficient (Wildman–Crippen LogP) is 4.35. The van der Waals surface area contributed by atoms with Gasteiger partial charge in [0.2, 0.25) is 5.91 Å². The van der Waals surface area contributed by atoms with Crippen LogP contribution in [0.25, 0.3) is 33.5 Å². The number of halogens is 2. The van der Waals surface area contributed by atoms with E-state index < -0.39 is 5.91 Å². The number of rotatable bonds is 7. The van der Waals surface area contributed by atoms with Gasteiger partial charge < -0.3 is 20.4 Å². The first-order valence-electron chi connectivity index (χ1n) is 9.50. The van der Waals surface area contributed by atoms with Crippen molar-refractivity contribution in [3.8, 4) is 11.6 Å².